The summed E-state index contributed by atoms with van der Waals surface area (Å²) in [6, 6.07) is 8.69. The number of ether oxygens (including phenoxy) is 1. The van der Waals surface area contributed by atoms with Crippen molar-refractivity contribution in [3.05, 3.63) is 59.4 Å². The van der Waals surface area contributed by atoms with E-state index in [4.69, 9.17) is 9.84 Å². The molecule has 1 heterocycles. The van der Waals surface area contributed by atoms with Crippen molar-refractivity contribution in [3.63, 3.8) is 0 Å². The number of benzene rings is 1. The molecule has 0 unspecified atom stereocenters. The first kappa shape index (κ1) is 12.1. The van der Waals surface area contributed by atoms with E-state index in [1.54, 1.807) is 37.5 Å². The fraction of sp³-hybridized carbons (Fsp3) is 0.143. The number of carbonyl (C=O) groups is 1. The monoisotopic (exact) mass is 243 g/mol. The maximum Gasteiger partial charge on any atom is 0.335 e. The molecule has 1 aromatic carbocycles. The minimum absolute atomic E-state index is 0.297. The second kappa shape index (κ2) is 5.31. The van der Waals surface area contributed by atoms with Gasteiger partial charge in [-0.3, -0.25) is 4.98 Å². The molecule has 0 bridgehead atoms. The average Bonchev–Trinajstić information content (AvgIpc) is 2.37. The summed E-state index contributed by atoms with van der Waals surface area (Å²) in [5, 5.41) is 8.92. The van der Waals surface area contributed by atoms with Gasteiger partial charge in [0, 0.05) is 12.4 Å². The van der Waals surface area contributed by atoms with Crippen LogP contribution in [-0.4, -0.2) is 16.1 Å². The Labute approximate surface area is 105 Å². The Morgan fingerprint density at radius 1 is 1.28 bits per heavy atom. The third-order valence-corrected chi connectivity index (χ3v) is 2.58. The van der Waals surface area contributed by atoms with Crippen molar-refractivity contribution in [2.45, 2.75) is 13.5 Å². The molecular weight excluding hydrogens is 230 g/mol. The first-order valence-corrected chi connectivity index (χ1v) is 5.52. The zero-order chi connectivity index (χ0) is 13.0. The van der Waals surface area contributed by atoms with Crippen LogP contribution in [0.1, 0.15) is 21.5 Å². The summed E-state index contributed by atoms with van der Waals surface area (Å²) in [6.45, 7) is 2.19. The number of rotatable bonds is 4. The van der Waals surface area contributed by atoms with Crippen LogP contribution in [0, 0.1) is 6.92 Å². The van der Waals surface area contributed by atoms with Crippen molar-refractivity contribution in [1.29, 1.82) is 0 Å². The van der Waals surface area contributed by atoms with Crippen LogP contribution >= 0.6 is 0 Å². The molecule has 4 nitrogen and oxygen atoms in total. The molecule has 18 heavy (non-hydrogen) atoms. The minimum atomic E-state index is -0.923. The summed E-state index contributed by atoms with van der Waals surface area (Å²) in [4.78, 5) is 14.8. The fourth-order valence-electron chi connectivity index (χ4n) is 1.61. The van der Waals surface area contributed by atoms with Gasteiger partial charge in [0.2, 0.25) is 0 Å². The van der Waals surface area contributed by atoms with Gasteiger partial charge >= 0.3 is 5.97 Å². The Morgan fingerprint density at radius 2 is 2.00 bits per heavy atom. The van der Waals surface area contributed by atoms with E-state index in [1.165, 1.54) is 0 Å². The number of aromatic carboxylic acids is 1. The van der Waals surface area contributed by atoms with Gasteiger partial charge in [0.25, 0.3) is 0 Å². The Bertz CT molecular complexity index is 552. The van der Waals surface area contributed by atoms with Crippen molar-refractivity contribution in [2.24, 2.45) is 0 Å². The first-order valence-electron chi connectivity index (χ1n) is 5.52. The summed E-state index contributed by atoms with van der Waals surface area (Å²) in [7, 11) is 0. The Kier molecular flexibility index (Phi) is 3.57. The van der Waals surface area contributed by atoms with Gasteiger partial charge < -0.3 is 9.84 Å². The van der Waals surface area contributed by atoms with E-state index in [9.17, 15) is 4.79 Å². The highest BCUT2D eigenvalue weighted by Gasteiger charge is 2.07. The summed E-state index contributed by atoms with van der Waals surface area (Å²) in [5.74, 6) is -0.262. The Hall–Kier alpha value is -2.36. The van der Waals surface area contributed by atoms with Crippen molar-refractivity contribution in [3.8, 4) is 5.75 Å². The number of carboxylic acids is 1. The molecule has 0 saturated heterocycles. The lowest BCUT2D eigenvalue weighted by Crippen LogP contribution is -2.01. The van der Waals surface area contributed by atoms with Gasteiger partial charge in [0.1, 0.15) is 12.4 Å². The van der Waals surface area contributed by atoms with E-state index in [2.05, 4.69) is 4.98 Å². The van der Waals surface area contributed by atoms with E-state index in [-0.39, 0.29) is 0 Å². The second-order valence-corrected chi connectivity index (χ2v) is 3.93. The zero-order valence-corrected chi connectivity index (χ0v) is 9.96. The number of nitrogens with zero attached hydrogens (tertiary/aromatic N) is 1. The van der Waals surface area contributed by atoms with Gasteiger partial charge in [-0.1, -0.05) is 0 Å². The van der Waals surface area contributed by atoms with Gasteiger partial charge in [-0.05, 0) is 48.4 Å². The summed E-state index contributed by atoms with van der Waals surface area (Å²) in [6.07, 6.45) is 3.41. The van der Waals surface area contributed by atoms with Gasteiger partial charge in [0.05, 0.1) is 5.56 Å². The summed E-state index contributed by atoms with van der Waals surface area (Å²) < 4.78 is 5.59. The molecule has 1 N–H and O–H groups in total. The van der Waals surface area contributed by atoms with Crippen LogP contribution < -0.4 is 4.74 Å². The normalized spacial score (nSPS) is 10.1. The maximum atomic E-state index is 10.9. The topological polar surface area (TPSA) is 59.4 Å². The Morgan fingerprint density at radius 3 is 2.61 bits per heavy atom. The Balaban J connectivity index is 2.07. The van der Waals surface area contributed by atoms with Crippen molar-refractivity contribution in [1.82, 2.24) is 4.98 Å². The number of aromatic nitrogens is 1. The van der Waals surface area contributed by atoms with Crippen LogP contribution in [0.4, 0.5) is 0 Å². The fourth-order valence-corrected chi connectivity index (χ4v) is 1.61. The number of hydrogen-bond acceptors (Lipinski definition) is 3. The van der Waals surface area contributed by atoms with E-state index in [0.29, 0.717) is 23.5 Å². The smallest absolute Gasteiger partial charge is 0.335 e. The molecule has 0 aliphatic carbocycles. The van der Waals surface area contributed by atoms with Crippen LogP contribution in [0.15, 0.2) is 42.7 Å². The van der Waals surface area contributed by atoms with Crippen LogP contribution in [0.3, 0.4) is 0 Å². The lowest BCUT2D eigenvalue weighted by atomic mass is 10.1. The first-order chi connectivity index (χ1) is 8.66. The van der Waals surface area contributed by atoms with E-state index in [0.717, 1.165) is 5.56 Å². The van der Waals surface area contributed by atoms with Crippen molar-refractivity contribution in [2.75, 3.05) is 0 Å². The van der Waals surface area contributed by atoms with Gasteiger partial charge in [-0.25, -0.2) is 4.79 Å². The molecule has 4 heteroatoms. The molecule has 0 saturated carbocycles. The summed E-state index contributed by atoms with van der Waals surface area (Å²) in [5.41, 5.74) is 2.01. The quantitative estimate of drug-likeness (QED) is 0.896. The minimum Gasteiger partial charge on any atom is -0.489 e. The number of hydrogen-bond donors (Lipinski definition) is 1. The molecule has 0 spiro atoms. The average molecular weight is 243 g/mol. The molecule has 2 rings (SSSR count). The van der Waals surface area contributed by atoms with E-state index >= 15 is 0 Å². The van der Waals surface area contributed by atoms with Gasteiger partial charge in [0.15, 0.2) is 0 Å². The van der Waals surface area contributed by atoms with Crippen LogP contribution in [0.25, 0.3) is 0 Å². The second-order valence-electron chi connectivity index (χ2n) is 3.93. The third kappa shape index (κ3) is 2.85. The predicted molar refractivity (Wildman–Crippen MR) is 66.7 cm³/mol. The molecule has 0 fully saturated rings. The number of aryl methyl sites for hydroxylation is 1. The third-order valence-electron chi connectivity index (χ3n) is 2.58. The van der Waals surface area contributed by atoms with Crippen LogP contribution in [0.2, 0.25) is 0 Å². The maximum absolute atomic E-state index is 10.9. The standard InChI is InChI=1S/C14H13NO3/c1-10-8-12(2-3-13(10)14(16)17)18-9-11-4-6-15-7-5-11/h2-8H,9H2,1H3,(H,16,17). The molecule has 0 radical (unpaired) electrons. The van der Waals surface area contributed by atoms with Crippen molar-refractivity contribution >= 4 is 5.97 Å². The van der Waals surface area contributed by atoms with Crippen molar-refractivity contribution < 1.29 is 14.6 Å². The predicted octanol–water partition coefficient (Wildman–Crippen LogP) is 2.67. The number of carboxylic acid groups (broad SMARTS) is 1. The lowest BCUT2D eigenvalue weighted by molar-refractivity contribution is 0.0696. The largest absolute Gasteiger partial charge is 0.489 e. The van der Waals surface area contributed by atoms with E-state index in [1.807, 2.05) is 12.1 Å². The van der Waals surface area contributed by atoms with Gasteiger partial charge in [-0.2, -0.15) is 0 Å². The van der Waals surface area contributed by atoms with E-state index < -0.39 is 5.97 Å². The molecule has 1 aromatic heterocycles. The van der Waals surface area contributed by atoms with Crippen LogP contribution in [-0.2, 0) is 6.61 Å². The molecule has 0 aliphatic rings. The highest BCUT2D eigenvalue weighted by Crippen LogP contribution is 2.18. The SMILES string of the molecule is Cc1cc(OCc2ccncc2)ccc1C(=O)O. The highest BCUT2D eigenvalue weighted by atomic mass is 16.5. The zero-order valence-electron chi connectivity index (χ0n) is 9.96. The lowest BCUT2D eigenvalue weighted by Gasteiger charge is -2.08. The molecule has 92 valence electrons. The highest BCUT2D eigenvalue weighted by molar-refractivity contribution is 5.89. The summed E-state index contributed by atoms with van der Waals surface area (Å²) >= 11 is 0. The molecule has 0 amide bonds. The molecule has 0 atom stereocenters. The van der Waals surface area contributed by atoms with Gasteiger partial charge in [-0.15, -0.1) is 0 Å². The number of pyridine rings is 1. The molecule has 2 aromatic rings. The molecule has 0 aliphatic heterocycles. The molecular formula is C14H13NO3. The van der Waals surface area contributed by atoms with Crippen LogP contribution in [0.5, 0.6) is 5.75 Å².